The van der Waals surface area contributed by atoms with E-state index in [2.05, 4.69) is 21.8 Å². The van der Waals surface area contributed by atoms with Crippen LogP contribution in [0.15, 0.2) is 30.6 Å². The van der Waals surface area contributed by atoms with E-state index in [0.717, 1.165) is 12.7 Å². The maximum absolute atomic E-state index is 13.2. The number of pyridine rings is 2. The minimum absolute atomic E-state index is 0.0189. The normalized spacial score (nSPS) is 14.2. The van der Waals surface area contributed by atoms with Gasteiger partial charge in [0.1, 0.15) is 5.69 Å². The van der Waals surface area contributed by atoms with Crippen molar-refractivity contribution < 1.29 is 22.7 Å². The van der Waals surface area contributed by atoms with Crippen molar-refractivity contribution in [1.82, 2.24) is 9.97 Å². The fourth-order valence-corrected chi connectivity index (χ4v) is 4.61. The Kier molecular flexibility index (Phi) is 7.70. The highest BCUT2D eigenvalue weighted by atomic mass is 32.2. The van der Waals surface area contributed by atoms with Gasteiger partial charge in [-0.2, -0.15) is 9.29 Å². The molecule has 0 aromatic carbocycles. The lowest BCUT2D eigenvalue weighted by atomic mass is 9.87. The van der Waals surface area contributed by atoms with Crippen molar-refractivity contribution in [2.24, 2.45) is 5.92 Å². The first-order valence-electron chi connectivity index (χ1n) is 10.4. The largest absolute Gasteiger partial charge is 0.481 e. The molecule has 8 nitrogen and oxygen atoms in total. The SMILES string of the molecule is COc1ccc(N(C(=O)c2cncc(C#CCC3CCCCC3)c2)S(C)(=O)=O)c(OC)n1. The molecular formula is C23H27N3O5S. The van der Waals surface area contributed by atoms with Gasteiger partial charge >= 0.3 is 0 Å². The quantitative estimate of drug-likeness (QED) is 0.613. The van der Waals surface area contributed by atoms with Crippen LogP contribution >= 0.6 is 0 Å². The summed E-state index contributed by atoms with van der Waals surface area (Å²) in [6.07, 6.45) is 10.8. The highest BCUT2D eigenvalue weighted by molar-refractivity contribution is 7.92. The van der Waals surface area contributed by atoms with E-state index in [1.807, 2.05) is 0 Å². The Balaban J connectivity index is 1.89. The average Bonchev–Trinajstić information content (AvgIpc) is 2.79. The Bertz CT molecular complexity index is 1130. The van der Waals surface area contributed by atoms with Crippen molar-refractivity contribution in [3.05, 3.63) is 41.7 Å². The van der Waals surface area contributed by atoms with Gasteiger partial charge in [-0.3, -0.25) is 9.78 Å². The summed E-state index contributed by atoms with van der Waals surface area (Å²) in [7, 11) is -1.25. The third-order valence-electron chi connectivity index (χ3n) is 5.29. The second-order valence-electron chi connectivity index (χ2n) is 7.69. The van der Waals surface area contributed by atoms with Gasteiger partial charge in [-0.25, -0.2) is 8.42 Å². The second kappa shape index (κ2) is 10.5. The predicted molar refractivity (Wildman–Crippen MR) is 121 cm³/mol. The Morgan fingerprint density at radius 1 is 1.16 bits per heavy atom. The molecule has 9 heteroatoms. The van der Waals surface area contributed by atoms with Crippen molar-refractivity contribution in [2.45, 2.75) is 38.5 Å². The predicted octanol–water partition coefficient (Wildman–Crippen LogP) is 3.42. The molecule has 2 aromatic rings. The number of anilines is 1. The number of rotatable bonds is 6. The van der Waals surface area contributed by atoms with E-state index < -0.39 is 15.9 Å². The molecule has 1 aliphatic rings. The maximum atomic E-state index is 13.2. The smallest absolute Gasteiger partial charge is 0.273 e. The van der Waals surface area contributed by atoms with E-state index in [1.54, 1.807) is 12.3 Å². The van der Waals surface area contributed by atoms with Gasteiger partial charge in [-0.15, -0.1) is 0 Å². The van der Waals surface area contributed by atoms with Crippen molar-refractivity contribution in [3.63, 3.8) is 0 Å². The first-order chi connectivity index (χ1) is 15.3. The molecule has 0 saturated heterocycles. The van der Waals surface area contributed by atoms with Gasteiger partial charge < -0.3 is 9.47 Å². The van der Waals surface area contributed by atoms with Crippen molar-refractivity contribution in [2.75, 3.05) is 24.8 Å². The number of aromatic nitrogens is 2. The molecule has 1 amide bonds. The molecule has 0 unspecified atom stereocenters. The van der Waals surface area contributed by atoms with Crippen LogP contribution in [0.1, 0.15) is 54.4 Å². The highest BCUT2D eigenvalue weighted by Crippen LogP contribution is 2.31. The molecule has 1 aliphatic carbocycles. The summed E-state index contributed by atoms with van der Waals surface area (Å²) < 4.78 is 36.0. The zero-order chi connectivity index (χ0) is 23.1. The third-order valence-corrected chi connectivity index (χ3v) is 6.31. The molecule has 1 fully saturated rings. The lowest BCUT2D eigenvalue weighted by Gasteiger charge is -2.22. The molecule has 0 spiro atoms. The van der Waals surface area contributed by atoms with Crippen LogP contribution in [0.4, 0.5) is 5.69 Å². The molecule has 0 aliphatic heterocycles. The Hall–Kier alpha value is -3.12. The zero-order valence-electron chi connectivity index (χ0n) is 18.5. The minimum atomic E-state index is -4.00. The summed E-state index contributed by atoms with van der Waals surface area (Å²) in [5.41, 5.74) is 0.632. The van der Waals surface area contributed by atoms with Crippen LogP contribution in [0, 0.1) is 17.8 Å². The van der Waals surface area contributed by atoms with Crippen molar-refractivity contribution >= 4 is 21.6 Å². The molecule has 0 atom stereocenters. The van der Waals surface area contributed by atoms with Crippen LogP contribution < -0.4 is 13.8 Å². The van der Waals surface area contributed by atoms with E-state index in [1.165, 1.54) is 64.7 Å². The van der Waals surface area contributed by atoms with Gasteiger partial charge in [-0.05, 0) is 30.9 Å². The number of nitrogens with zero attached hydrogens (tertiary/aromatic N) is 3. The molecule has 2 aromatic heterocycles. The first kappa shape index (κ1) is 23.5. The monoisotopic (exact) mass is 457 g/mol. The fraction of sp³-hybridized carbons (Fsp3) is 0.435. The van der Waals surface area contributed by atoms with Crippen LogP contribution in [-0.2, 0) is 10.0 Å². The summed E-state index contributed by atoms with van der Waals surface area (Å²) in [6, 6.07) is 4.41. The standard InChI is InChI=1S/C23H27N3O5S/c1-30-21-13-12-20(22(25-21)31-2)26(32(3,28)29)23(27)19-14-18(15-24-16-19)11-7-10-17-8-5-4-6-9-17/h12-17H,4-6,8-10H2,1-3H3. The average molecular weight is 458 g/mol. The van der Waals surface area contributed by atoms with Crippen molar-refractivity contribution in [3.8, 4) is 23.6 Å². The summed E-state index contributed by atoms with van der Waals surface area (Å²) in [5, 5.41) is 0. The number of amides is 1. The number of hydrogen-bond acceptors (Lipinski definition) is 7. The van der Waals surface area contributed by atoms with E-state index in [0.29, 0.717) is 15.8 Å². The van der Waals surface area contributed by atoms with E-state index in [-0.39, 0.29) is 23.0 Å². The Labute approximate surface area is 189 Å². The molecule has 170 valence electrons. The number of carbonyl (C=O) groups excluding carboxylic acids is 1. The molecule has 0 N–H and O–H groups in total. The van der Waals surface area contributed by atoms with Crippen LogP contribution in [0.5, 0.6) is 11.8 Å². The third kappa shape index (κ3) is 5.77. The Morgan fingerprint density at radius 3 is 2.56 bits per heavy atom. The molecular weight excluding hydrogens is 430 g/mol. The number of methoxy groups -OCH3 is 2. The van der Waals surface area contributed by atoms with Crippen molar-refractivity contribution in [1.29, 1.82) is 0 Å². The minimum Gasteiger partial charge on any atom is -0.481 e. The van der Waals surface area contributed by atoms with Gasteiger partial charge in [0, 0.05) is 30.4 Å². The molecule has 2 heterocycles. The van der Waals surface area contributed by atoms with Crippen LogP contribution in [-0.4, -0.2) is 44.8 Å². The fourth-order valence-electron chi connectivity index (χ4n) is 3.70. The molecule has 0 radical (unpaired) electrons. The summed E-state index contributed by atoms with van der Waals surface area (Å²) in [5.74, 6) is 6.25. The van der Waals surface area contributed by atoms with E-state index in [9.17, 15) is 13.2 Å². The lowest BCUT2D eigenvalue weighted by Crippen LogP contribution is -2.36. The highest BCUT2D eigenvalue weighted by Gasteiger charge is 2.30. The van der Waals surface area contributed by atoms with Crippen LogP contribution in [0.2, 0.25) is 0 Å². The molecule has 3 rings (SSSR count). The summed E-state index contributed by atoms with van der Waals surface area (Å²) >= 11 is 0. The van der Waals surface area contributed by atoms with E-state index >= 15 is 0 Å². The Morgan fingerprint density at radius 2 is 1.91 bits per heavy atom. The second-order valence-corrected chi connectivity index (χ2v) is 9.52. The van der Waals surface area contributed by atoms with Crippen LogP contribution in [0.25, 0.3) is 0 Å². The van der Waals surface area contributed by atoms with Gasteiger partial charge in [-0.1, -0.05) is 31.1 Å². The maximum Gasteiger partial charge on any atom is 0.273 e. The van der Waals surface area contributed by atoms with Gasteiger partial charge in [0.05, 0.1) is 26.0 Å². The summed E-state index contributed by atoms with van der Waals surface area (Å²) in [4.78, 5) is 21.4. The van der Waals surface area contributed by atoms with Gasteiger partial charge in [0.15, 0.2) is 0 Å². The molecule has 0 bridgehead atoms. The number of sulfonamides is 1. The van der Waals surface area contributed by atoms with E-state index in [4.69, 9.17) is 9.47 Å². The van der Waals surface area contributed by atoms with Gasteiger partial charge in [0.2, 0.25) is 21.8 Å². The number of ether oxygens (including phenoxy) is 2. The van der Waals surface area contributed by atoms with Crippen LogP contribution in [0.3, 0.4) is 0 Å². The zero-order valence-corrected chi connectivity index (χ0v) is 19.3. The topological polar surface area (TPSA) is 98.7 Å². The van der Waals surface area contributed by atoms with Gasteiger partial charge in [0.25, 0.3) is 5.91 Å². The first-order valence-corrected chi connectivity index (χ1v) is 12.3. The molecule has 1 saturated carbocycles. The number of carbonyl (C=O) groups is 1. The molecule has 32 heavy (non-hydrogen) atoms. The number of hydrogen-bond donors (Lipinski definition) is 0. The summed E-state index contributed by atoms with van der Waals surface area (Å²) in [6.45, 7) is 0. The lowest BCUT2D eigenvalue weighted by molar-refractivity contribution is 0.100.